The highest BCUT2D eigenvalue weighted by Crippen LogP contribution is 2.32. The Morgan fingerprint density at radius 2 is 1.96 bits per heavy atom. The number of aliphatic imine (C=N–C) groups is 1. The number of rotatable bonds is 7. The van der Waals surface area contributed by atoms with E-state index < -0.39 is 0 Å². The van der Waals surface area contributed by atoms with Crippen LogP contribution in [0.1, 0.15) is 22.5 Å². The summed E-state index contributed by atoms with van der Waals surface area (Å²) >= 11 is 1.25. The van der Waals surface area contributed by atoms with Crippen LogP contribution in [0.25, 0.3) is 0 Å². The van der Waals surface area contributed by atoms with E-state index in [2.05, 4.69) is 19.7 Å². The van der Waals surface area contributed by atoms with Crippen LogP contribution < -0.4 is 14.8 Å². The molecule has 0 bridgehead atoms. The fraction of sp³-hybridized carbons (Fsp3) is 0.250. The second-order valence-corrected chi connectivity index (χ2v) is 6.73. The zero-order chi connectivity index (χ0) is 19.2. The maximum atomic E-state index is 5.97. The summed E-state index contributed by atoms with van der Waals surface area (Å²) in [6.07, 6.45) is 2.26. The van der Waals surface area contributed by atoms with Gasteiger partial charge in [-0.2, -0.15) is 9.36 Å². The Morgan fingerprint density at radius 1 is 1.15 bits per heavy atom. The molecule has 0 fully saturated rings. The molecule has 0 saturated carbocycles. The number of para-hydroxylation sites is 1. The van der Waals surface area contributed by atoms with Gasteiger partial charge in [0.25, 0.3) is 5.19 Å². The van der Waals surface area contributed by atoms with Gasteiger partial charge in [0.05, 0.1) is 19.1 Å². The Morgan fingerprint density at radius 3 is 2.74 bits per heavy atom. The maximum Gasteiger partial charge on any atom is 0.298 e. The maximum absolute atomic E-state index is 5.97. The van der Waals surface area contributed by atoms with Crippen molar-refractivity contribution in [3.8, 4) is 16.7 Å². The van der Waals surface area contributed by atoms with Crippen LogP contribution in [0.3, 0.4) is 0 Å². The van der Waals surface area contributed by atoms with Crippen molar-refractivity contribution in [2.24, 2.45) is 4.99 Å². The van der Waals surface area contributed by atoms with Gasteiger partial charge >= 0.3 is 0 Å². The highest BCUT2D eigenvalue weighted by Gasteiger charge is 2.12. The molecular formula is C20H22N4O2S. The quantitative estimate of drug-likeness (QED) is 0.484. The SMILES string of the molecule is CN/C=N\c1cc(C)c(Oc2nc(Cc3ccccc3OC)ns2)cc1C. The third-order valence-corrected chi connectivity index (χ3v) is 4.65. The third-order valence-electron chi connectivity index (χ3n) is 4.01. The van der Waals surface area contributed by atoms with Crippen molar-refractivity contribution >= 4 is 23.6 Å². The molecule has 1 N–H and O–H groups in total. The number of hydrogen-bond acceptors (Lipinski definition) is 6. The number of aryl methyl sites for hydroxylation is 2. The van der Waals surface area contributed by atoms with E-state index in [0.717, 1.165) is 33.9 Å². The fourth-order valence-corrected chi connectivity index (χ4v) is 3.18. The monoisotopic (exact) mass is 382 g/mol. The minimum Gasteiger partial charge on any atom is -0.496 e. The lowest BCUT2D eigenvalue weighted by molar-refractivity contribution is 0.410. The minimum atomic E-state index is 0.522. The first-order valence-electron chi connectivity index (χ1n) is 8.54. The summed E-state index contributed by atoms with van der Waals surface area (Å²) in [5, 5.41) is 3.42. The van der Waals surface area contributed by atoms with Crippen molar-refractivity contribution in [1.82, 2.24) is 14.7 Å². The van der Waals surface area contributed by atoms with Gasteiger partial charge in [-0.15, -0.1) is 0 Å². The Bertz CT molecular complexity index is 953. The molecule has 7 heteroatoms. The first kappa shape index (κ1) is 18.8. The highest BCUT2D eigenvalue weighted by molar-refractivity contribution is 7.07. The molecule has 0 radical (unpaired) electrons. The van der Waals surface area contributed by atoms with E-state index >= 15 is 0 Å². The average Bonchev–Trinajstić information content (AvgIpc) is 3.10. The molecule has 6 nitrogen and oxygen atoms in total. The smallest absolute Gasteiger partial charge is 0.298 e. The Labute approximate surface area is 163 Å². The van der Waals surface area contributed by atoms with Gasteiger partial charge in [0.1, 0.15) is 11.5 Å². The Hall–Kier alpha value is -2.93. The molecule has 0 spiro atoms. The molecule has 3 aromatic rings. The van der Waals surface area contributed by atoms with Crippen LogP contribution in [0.15, 0.2) is 41.4 Å². The van der Waals surface area contributed by atoms with Gasteiger partial charge in [-0.25, -0.2) is 4.99 Å². The molecule has 140 valence electrons. The van der Waals surface area contributed by atoms with Gasteiger partial charge in [0.15, 0.2) is 5.82 Å². The van der Waals surface area contributed by atoms with Crippen molar-refractivity contribution < 1.29 is 9.47 Å². The lowest BCUT2D eigenvalue weighted by Crippen LogP contribution is -2.00. The molecule has 27 heavy (non-hydrogen) atoms. The van der Waals surface area contributed by atoms with Crippen molar-refractivity contribution in [3.63, 3.8) is 0 Å². The molecule has 0 aliphatic carbocycles. The van der Waals surface area contributed by atoms with E-state index in [0.29, 0.717) is 17.4 Å². The molecule has 0 unspecified atom stereocenters. The number of benzene rings is 2. The second kappa shape index (κ2) is 8.64. The molecule has 1 heterocycles. The number of aromatic nitrogens is 2. The average molecular weight is 382 g/mol. The number of nitrogens with one attached hydrogen (secondary N) is 1. The zero-order valence-corrected chi connectivity index (χ0v) is 16.6. The second-order valence-electron chi connectivity index (χ2n) is 6.02. The van der Waals surface area contributed by atoms with E-state index in [1.165, 1.54) is 11.5 Å². The predicted molar refractivity (Wildman–Crippen MR) is 109 cm³/mol. The fourth-order valence-electron chi connectivity index (χ4n) is 2.62. The predicted octanol–water partition coefficient (Wildman–Crippen LogP) is 4.43. The number of hydrogen-bond donors (Lipinski definition) is 1. The van der Waals surface area contributed by atoms with Crippen molar-refractivity contribution in [1.29, 1.82) is 0 Å². The van der Waals surface area contributed by atoms with Gasteiger partial charge in [-0.05, 0) is 43.2 Å². The summed E-state index contributed by atoms with van der Waals surface area (Å²) in [5.41, 5.74) is 3.97. The standard InChI is InChI=1S/C20H22N4O2S/c1-13-10-18(14(2)9-16(13)22-12-21-3)26-20-23-19(24-27-20)11-15-7-5-6-8-17(15)25-4/h5-10,12H,11H2,1-4H3,(H,21,22). The Balaban J connectivity index is 1.76. The van der Waals surface area contributed by atoms with Gasteiger partial charge in [-0.3, -0.25) is 0 Å². The van der Waals surface area contributed by atoms with Crippen LogP contribution in [0.5, 0.6) is 16.7 Å². The molecule has 0 aliphatic heterocycles. The largest absolute Gasteiger partial charge is 0.496 e. The number of nitrogens with zero attached hydrogens (tertiary/aromatic N) is 3. The summed E-state index contributed by atoms with van der Waals surface area (Å²) in [7, 11) is 3.48. The van der Waals surface area contributed by atoms with Crippen LogP contribution in [-0.4, -0.2) is 29.9 Å². The van der Waals surface area contributed by atoms with Gasteiger partial charge in [0, 0.05) is 30.6 Å². The van der Waals surface area contributed by atoms with Crippen LogP contribution in [0, 0.1) is 13.8 Å². The van der Waals surface area contributed by atoms with Crippen LogP contribution in [0.4, 0.5) is 5.69 Å². The van der Waals surface area contributed by atoms with Crippen LogP contribution >= 0.6 is 11.5 Å². The summed E-state index contributed by atoms with van der Waals surface area (Å²) in [6.45, 7) is 3.99. The Kier molecular flexibility index (Phi) is 6.03. The minimum absolute atomic E-state index is 0.522. The normalized spacial score (nSPS) is 11.0. The van der Waals surface area contributed by atoms with Crippen molar-refractivity contribution in [3.05, 3.63) is 58.9 Å². The van der Waals surface area contributed by atoms with Crippen LogP contribution in [0.2, 0.25) is 0 Å². The first-order valence-corrected chi connectivity index (χ1v) is 9.31. The lowest BCUT2D eigenvalue weighted by Gasteiger charge is -2.09. The zero-order valence-electron chi connectivity index (χ0n) is 15.8. The van der Waals surface area contributed by atoms with E-state index in [1.54, 1.807) is 13.4 Å². The van der Waals surface area contributed by atoms with Gasteiger partial charge in [0.2, 0.25) is 0 Å². The summed E-state index contributed by atoms with van der Waals surface area (Å²) in [4.78, 5) is 8.88. The molecule has 0 saturated heterocycles. The van der Waals surface area contributed by atoms with Crippen molar-refractivity contribution in [2.45, 2.75) is 20.3 Å². The number of ether oxygens (including phenoxy) is 2. The van der Waals surface area contributed by atoms with E-state index in [-0.39, 0.29) is 0 Å². The highest BCUT2D eigenvalue weighted by atomic mass is 32.1. The number of methoxy groups -OCH3 is 1. The molecule has 1 aromatic heterocycles. The van der Waals surface area contributed by atoms with Gasteiger partial charge in [-0.1, -0.05) is 18.2 Å². The van der Waals surface area contributed by atoms with Gasteiger partial charge < -0.3 is 14.8 Å². The van der Waals surface area contributed by atoms with E-state index in [1.807, 2.05) is 57.3 Å². The summed E-state index contributed by atoms with van der Waals surface area (Å²) in [5.74, 6) is 2.30. The molecular weight excluding hydrogens is 360 g/mol. The molecule has 2 aromatic carbocycles. The molecule has 3 rings (SSSR count). The topological polar surface area (TPSA) is 68.6 Å². The lowest BCUT2D eigenvalue weighted by atomic mass is 10.1. The van der Waals surface area contributed by atoms with Crippen molar-refractivity contribution in [2.75, 3.05) is 14.2 Å². The van der Waals surface area contributed by atoms with Crippen LogP contribution in [-0.2, 0) is 6.42 Å². The summed E-state index contributed by atoms with van der Waals surface area (Å²) < 4.78 is 15.8. The molecule has 0 aliphatic rings. The van der Waals surface area contributed by atoms with E-state index in [4.69, 9.17) is 9.47 Å². The summed E-state index contributed by atoms with van der Waals surface area (Å²) in [6, 6.07) is 11.8. The first-order chi connectivity index (χ1) is 13.1. The van der Waals surface area contributed by atoms with E-state index in [9.17, 15) is 0 Å². The third kappa shape index (κ3) is 4.62. The molecule has 0 amide bonds. The molecule has 0 atom stereocenters.